The lowest BCUT2D eigenvalue weighted by Crippen LogP contribution is -2.29. The predicted molar refractivity (Wildman–Crippen MR) is 188 cm³/mol. The standard InChI is InChI=1S/C37H63O8P/c1-3-5-7-9-11-13-14-15-16-17-18-19-20-21-22-24-25-27-29-31-36(38)43-33-35(34-44-46(40,41)42)45-37(39)32-30-28-26-23-12-10-8-6-4-2/h5,7,11,13,15-16,18-19,21-22,35H,3-4,6,8-10,12,14,17,20,23-34H2,1-2H3,(H2,40,41,42)/b7-5+,13-11+,16-15+,19-18+,22-21+/t35-/m1/s1. The van der Waals surface area contributed by atoms with Gasteiger partial charge in [-0.05, 0) is 57.8 Å². The van der Waals surface area contributed by atoms with Gasteiger partial charge in [-0.1, -0.05) is 132 Å². The number of phosphoric acid groups is 1. The highest BCUT2D eigenvalue weighted by atomic mass is 31.2. The van der Waals surface area contributed by atoms with E-state index in [9.17, 15) is 14.2 Å². The van der Waals surface area contributed by atoms with Crippen LogP contribution in [0.4, 0.5) is 0 Å². The van der Waals surface area contributed by atoms with E-state index in [1.54, 1.807) is 0 Å². The molecular weight excluding hydrogens is 603 g/mol. The zero-order valence-electron chi connectivity index (χ0n) is 28.7. The molecule has 0 aromatic rings. The second-order valence-electron chi connectivity index (χ2n) is 11.5. The third-order valence-electron chi connectivity index (χ3n) is 7.05. The van der Waals surface area contributed by atoms with Crippen LogP contribution in [-0.4, -0.2) is 41.0 Å². The number of rotatable bonds is 31. The number of hydrogen-bond donors (Lipinski definition) is 2. The topological polar surface area (TPSA) is 119 Å². The monoisotopic (exact) mass is 666 g/mol. The number of carbonyl (C=O) groups excluding carboxylic acids is 2. The van der Waals surface area contributed by atoms with Crippen molar-refractivity contribution in [2.24, 2.45) is 0 Å². The molecule has 0 saturated carbocycles. The van der Waals surface area contributed by atoms with Crippen LogP contribution in [0, 0.1) is 0 Å². The molecule has 0 aliphatic rings. The van der Waals surface area contributed by atoms with Gasteiger partial charge in [0.05, 0.1) is 6.61 Å². The molecule has 1 atom stereocenters. The molecular formula is C37H63O8P. The average molecular weight is 667 g/mol. The van der Waals surface area contributed by atoms with E-state index >= 15 is 0 Å². The summed E-state index contributed by atoms with van der Waals surface area (Å²) in [6.07, 6.45) is 39.5. The summed E-state index contributed by atoms with van der Waals surface area (Å²) < 4.78 is 26.2. The van der Waals surface area contributed by atoms with E-state index in [0.29, 0.717) is 12.8 Å². The lowest BCUT2D eigenvalue weighted by molar-refractivity contribution is -0.161. The summed E-state index contributed by atoms with van der Waals surface area (Å²) in [5, 5.41) is 0. The van der Waals surface area contributed by atoms with Crippen LogP contribution in [0.3, 0.4) is 0 Å². The largest absolute Gasteiger partial charge is 0.469 e. The molecule has 0 fully saturated rings. The van der Waals surface area contributed by atoms with Crippen LogP contribution >= 0.6 is 7.82 Å². The minimum absolute atomic E-state index is 0.202. The lowest BCUT2D eigenvalue weighted by atomic mass is 10.1. The maximum atomic E-state index is 12.3. The van der Waals surface area contributed by atoms with Crippen LogP contribution < -0.4 is 0 Å². The first-order valence-corrected chi connectivity index (χ1v) is 19.1. The predicted octanol–water partition coefficient (Wildman–Crippen LogP) is 10.2. The Morgan fingerprint density at radius 1 is 0.587 bits per heavy atom. The van der Waals surface area contributed by atoms with Crippen LogP contribution in [-0.2, 0) is 28.2 Å². The molecule has 0 amide bonds. The Balaban J connectivity index is 4.05. The molecule has 0 spiro atoms. The summed E-state index contributed by atoms with van der Waals surface area (Å²) in [6.45, 7) is 3.49. The second kappa shape index (κ2) is 32.7. The molecule has 0 heterocycles. The van der Waals surface area contributed by atoms with Crippen LogP contribution in [0.25, 0.3) is 0 Å². The smallest absolute Gasteiger partial charge is 0.462 e. The summed E-state index contributed by atoms with van der Waals surface area (Å²) in [6, 6.07) is 0. The van der Waals surface area contributed by atoms with Crippen LogP contribution in [0.5, 0.6) is 0 Å². The maximum Gasteiger partial charge on any atom is 0.469 e. The van der Waals surface area contributed by atoms with Gasteiger partial charge in [0.1, 0.15) is 6.61 Å². The van der Waals surface area contributed by atoms with E-state index in [0.717, 1.165) is 70.6 Å². The van der Waals surface area contributed by atoms with Gasteiger partial charge in [-0.3, -0.25) is 14.1 Å². The molecule has 8 nitrogen and oxygen atoms in total. The van der Waals surface area contributed by atoms with Gasteiger partial charge < -0.3 is 19.3 Å². The van der Waals surface area contributed by atoms with Crippen LogP contribution in [0.1, 0.15) is 142 Å². The van der Waals surface area contributed by atoms with E-state index in [4.69, 9.17) is 19.3 Å². The molecule has 0 bridgehead atoms. The van der Waals surface area contributed by atoms with Gasteiger partial charge in [-0.25, -0.2) is 4.57 Å². The molecule has 0 aliphatic heterocycles. The Kier molecular flexibility index (Phi) is 31.1. The zero-order valence-corrected chi connectivity index (χ0v) is 29.6. The Bertz CT molecular complexity index is 932. The fourth-order valence-electron chi connectivity index (χ4n) is 4.46. The summed E-state index contributed by atoms with van der Waals surface area (Å²) in [7, 11) is -4.75. The summed E-state index contributed by atoms with van der Waals surface area (Å²) in [4.78, 5) is 42.5. The molecule has 9 heteroatoms. The number of carbonyl (C=O) groups is 2. The molecule has 0 rings (SSSR count). The quantitative estimate of drug-likeness (QED) is 0.0325. The molecule has 46 heavy (non-hydrogen) atoms. The Labute approximate surface area is 279 Å². The van der Waals surface area contributed by atoms with Gasteiger partial charge >= 0.3 is 19.8 Å². The van der Waals surface area contributed by atoms with E-state index in [1.165, 1.54) is 32.1 Å². The highest BCUT2D eigenvalue weighted by Crippen LogP contribution is 2.35. The molecule has 264 valence electrons. The van der Waals surface area contributed by atoms with Crippen molar-refractivity contribution in [1.29, 1.82) is 0 Å². The first-order valence-electron chi connectivity index (χ1n) is 17.6. The number of unbranched alkanes of at least 4 members (excludes halogenated alkanes) is 11. The lowest BCUT2D eigenvalue weighted by Gasteiger charge is -2.18. The first kappa shape index (κ1) is 43.8. The summed E-state index contributed by atoms with van der Waals surface area (Å²) in [5.41, 5.74) is 0. The minimum Gasteiger partial charge on any atom is -0.462 e. The Morgan fingerprint density at radius 3 is 1.57 bits per heavy atom. The summed E-state index contributed by atoms with van der Waals surface area (Å²) >= 11 is 0. The van der Waals surface area contributed by atoms with Crippen molar-refractivity contribution >= 4 is 19.8 Å². The van der Waals surface area contributed by atoms with Crippen molar-refractivity contribution in [2.45, 2.75) is 148 Å². The number of esters is 2. The van der Waals surface area contributed by atoms with Gasteiger partial charge in [0.2, 0.25) is 0 Å². The first-order chi connectivity index (χ1) is 22.3. The van der Waals surface area contributed by atoms with E-state index < -0.39 is 32.5 Å². The highest BCUT2D eigenvalue weighted by molar-refractivity contribution is 7.46. The van der Waals surface area contributed by atoms with E-state index in [1.807, 2.05) is 0 Å². The highest BCUT2D eigenvalue weighted by Gasteiger charge is 2.22. The van der Waals surface area contributed by atoms with Gasteiger partial charge in [0.15, 0.2) is 6.10 Å². The maximum absolute atomic E-state index is 12.3. The number of hydrogen-bond acceptors (Lipinski definition) is 6. The normalized spacial score (nSPS) is 13.2. The average Bonchev–Trinajstić information content (AvgIpc) is 3.02. The molecule has 0 unspecified atom stereocenters. The fraction of sp³-hybridized carbons (Fsp3) is 0.676. The number of allylic oxidation sites excluding steroid dienone is 10. The Hall–Kier alpha value is -2.25. The number of phosphoric ester groups is 1. The SMILES string of the molecule is CC/C=C/C/C=C/C/C=C/C/C=C/C/C=C/CCCCCC(=O)OC[C@H](COP(=O)(O)O)OC(=O)CCCCCCCCCCC. The van der Waals surface area contributed by atoms with Gasteiger partial charge in [0, 0.05) is 12.8 Å². The third kappa shape index (κ3) is 34.6. The van der Waals surface area contributed by atoms with Crippen molar-refractivity contribution in [1.82, 2.24) is 0 Å². The molecule has 2 N–H and O–H groups in total. The van der Waals surface area contributed by atoms with Crippen molar-refractivity contribution in [2.75, 3.05) is 13.2 Å². The third-order valence-corrected chi connectivity index (χ3v) is 7.54. The van der Waals surface area contributed by atoms with Crippen molar-refractivity contribution in [3.63, 3.8) is 0 Å². The van der Waals surface area contributed by atoms with Crippen LogP contribution in [0.15, 0.2) is 60.8 Å². The van der Waals surface area contributed by atoms with E-state index in [2.05, 4.69) is 79.1 Å². The molecule has 0 aromatic heterocycles. The molecule has 0 saturated heterocycles. The van der Waals surface area contributed by atoms with Gasteiger partial charge in [0.25, 0.3) is 0 Å². The van der Waals surface area contributed by atoms with Gasteiger partial charge in [-0.2, -0.15) is 0 Å². The zero-order chi connectivity index (χ0) is 34.0. The van der Waals surface area contributed by atoms with E-state index in [-0.39, 0.29) is 19.4 Å². The van der Waals surface area contributed by atoms with Crippen LogP contribution in [0.2, 0.25) is 0 Å². The Morgan fingerprint density at radius 2 is 1.04 bits per heavy atom. The second-order valence-corrected chi connectivity index (χ2v) is 12.7. The van der Waals surface area contributed by atoms with Crippen molar-refractivity contribution in [3.05, 3.63) is 60.8 Å². The molecule has 0 aromatic carbocycles. The molecule has 0 radical (unpaired) electrons. The summed E-state index contributed by atoms with van der Waals surface area (Å²) in [5.74, 6) is -0.931. The van der Waals surface area contributed by atoms with Crippen molar-refractivity contribution < 1.29 is 37.9 Å². The number of ether oxygens (including phenoxy) is 2. The minimum atomic E-state index is -4.75. The fourth-order valence-corrected chi connectivity index (χ4v) is 4.82. The van der Waals surface area contributed by atoms with Crippen molar-refractivity contribution in [3.8, 4) is 0 Å². The molecule has 0 aliphatic carbocycles. The van der Waals surface area contributed by atoms with Gasteiger partial charge in [-0.15, -0.1) is 0 Å².